The maximum Gasteiger partial charge on any atom is 0.270 e. The first-order chi connectivity index (χ1) is 9.42. The molecule has 0 aliphatic carbocycles. The normalized spacial score (nSPS) is 12.0. The van der Waals surface area contributed by atoms with E-state index in [1.807, 2.05) is 13.2 Å². The van der Waals surface area contributed by atoms with Crippen molar-refractivity contribution in [1.29, 1.82) is 0 Å². The summed E-state index contributed by atoms with van der Waals surface area (Å²) in [6.07, 6.45) is 2.83. The van der Waals surface area contributed by atoms with Crippen molar-refractivity contribution < 1.29 is 9.72 Å². The van der Waals surface area contributed by atoms with E-state index in [9.17, 15) is 14.9 Å². The summed E-state index contributed by atoms with van der Waals surface area (Å²) < 4.78 is 0.568. The van der Waals surface area contributed by atoms with Crippen LogP contribution >= 0.6 is 27.7 Å². The molecule has 0 spiro atoms. The Morgan fingerprint density at radius 3 is 2.70 bits per heavy atom. The topological polar surface area (TPSA) is 63.5 Å². The summed E-state index contributed by atoms with van der Waals surface area (Å²) >= 11 is 4.96. The fourth-order valence-corrected chi connectivity index (χ4v) is 3.10. The molecule has 0 fully saturated rings. The molecule has 0 heterocycles. The van der Waals surface area contributed by atoms with Crippen molar-refractivity contribution in [2.24, 2.45) is 0 Å². The van der Waals surface area contributed by atoms with Crippen LogP contribution in [0.15, 0.2) is 22.7 Å². The van der Waals surface area contributed by atoms with E-state index in [0.29, 0.717) is 10.0 Å². The average molecular weight is 361 g/mol. The summed E-state index contributed by atoms with van der Waals surface area (Å²) in [5.74, 6) is 0.632. The molecule has 0 saturated heterocycles. The number of rotatable bonds is 6. The van der Waals surface area contributed by atoms with Gasteiger partial charge < -0.3 is 4.90 Å². The van der Waals surface area contributed by atoms with Gasteiger partial charge in [-0.1, -0.05) is 6.92 Å². The highest BCUT2D eigenvalue weighted by molar-refractivity contribution is 9.10. The van der Waals surface area contributed by atoms with Gasteiger partial charge in [0.1, 0.15) is 0 Å². The van der Waals surface area contributed by atoms with E-state index >= 15 is 0 Å². The Balaban J connectivity index is 3.07. The van der Waals surface area contributed by atoms with Crippen molar-refractivity contribution in [3.8, 4) is 0 Å². The Hall–Kier alpha value is -1.08. The molecule has 1 amide bonds. The van der Waals surface area contributed by atoms with Gasteiger partial charge >= 0.3 is 0 Å². The van der Waals surface area contributed by atoms with Crippen LogP contribution in [-0.2, 0) is 0 Å². The molecule has 0 aromatic heterocycles. The highest BCUT2D eigenvalue weighted by atomic mass is 79.9. The van der Waals surface area contributed by atoms with Crippen LogP contribution in [0, 0.1) is 10.1 Å². The lowest BCUT2D eigenvalue weighted by Crippen LogP contribution is -2.38. The van der Waals surface area contributed by atoms with Crippen LogP contribution in [0.2, 0.25) is 0 Å². The SMILES string of the molecule is CCC(CSC)N(C)C(=O)c1cc([N+](=O)[O-])ccc1Br. The molecule has 110 valence electrons. The standard InChI is InChI=1S/C13H17BrN2O3S/c1-4-9(8-20-3)15(2)13(17)11-7-10(16(18)19)5-6-12(11)14/h5-7,9H,4,8H2,1-3H3. The number of halogens is 1. The largest absolute Gasteiger partial charge is 0.338 e. The lowest BCUT2D eigenvalue weighted by Gasteiger charge is -2.27. The molecule has 1 aromatic carbocycles. The van der Waals surface area contributed by atoms with Crippen molar-refractivity contribution >= 4 is 39.3 Å². The minimum absolute atomic E-state index is 0.0807. The number of nitro groups is 1. The molecule has 1 rings (SSSR count). The number of nitro benzene ring substituents is 1. The van der Waals surface area contributed by atoms with Crippen LogP contribution in [-0.4, -0.2) is 40.8 Å². The monoisotopic (exact) mass is 360 g/mol. The molecule has 1 aromatic rings. The maximum absolute atomic E-state index is 12.5. The molecule has 0 saturated carbocycles. The molecule has 0 aliphatic rings. The van der Waals surface area contributed by atoms with Gasteiger partial charge in [0.25, 0.3) is 11.6 Å². The average Bonchev–Trinajstić information content (AvgIpc) is 2.43. The summed E-state index contributed by atoms with van der Waals surface area (Å²) in [6.45, 7) is 2.02. The number of hydrogen-bond acceptors (Lipinski definition) is 4. The van der Waals surface area contributed by atoms with Crippen molar-refractivity contribution in [2.45, 2.75) is 19.4 Å². The summed E-state index contributed by atoms with van der Waals surface area (Å²) in [6, 6.07) is 4.34. The van der Waals surface area contributed by atoms with Crippen LogP contribution in [0.5, 0.6) is 0 Å². The zero-order valence-corrected chi connectivity index (χ0v) is 14.0. The lowest BCUT2D eigenvalue weighted by atomic mass is 10.1. The van der Waals surface area contributed by atoms with E-state index in [0.717, 1.165) is 12.2 Å². The van der Waals surface area contributed by atoms with E-state index in [2.05, 4.69) is 15.9 Å². The molecule has 20 heavy (non-hydrogen) atoms. The quantitative estimate of drug-likeness (QED) is 0.574. The third-order valence-electron chi connectivity index (χ3n) is 3.09. The second-order valence-electron chi connectivity index (χ2n) is 4.35. The van der Waals surface area contributed by atoms with Gasteiger partial charge in [0.05, 0.1) is 10.5 Å². The molecule has 0 aliphatic heterocycles. The van der Waals surface area contributed by atoms with Crippen molar-refractivity contribution in [1.82, 2.24) is 4.90 Å². The van der Waals surface area contributed by atoms with Gasteiger partial charge in [-0.15, -0.1) is 0 Å². The Morgan fingerprint density at radius 1 is 1.55 bits per heavy atom. The van der Waals surface area contributed by atoms with Crippen molar-refractivity contribution in [2.75, 3.05) is 19.1 Å². The zero-order chi connectivity index (χ0) is 15.3. The predicted octanol–water partition coefficient (Wildman–Crippen LogP) is 3.57. The molecule has 0 radical (unpaired) electrons. The van der Waals surface area contributed by atoms with E-state index in [4.69, 9.17) is 0 Å². The molecule has 0 N–H and O–H groups in total. The fourth-order valence-electron chi connectivity index (χ4n) is 1.84. The summed E-state index contributed by atoms with van der Waals surface area (Å²) in [5.41, 5.74) is 0.240. The van der Waals surface area contributed by atoms with Gasteiger partial charge in [0, 0.05) is 35.4 Å². The first-order valence-electron chi connectivity index (χ1n) is 6.12. The number of thioether (sulfide) groups is 1. The molecule has 7 heteroatoms. The lowest BCUT2D eigenvalue weighted by molar-refractivity contribution is -0.384. The van der Waals surface area contributed by atoms with Gasteiger partial charge in [-0.05, 0) is 34.7 Å². The first-order valence-corrected chi connectivity index (χ1v) is 8.31. The van der Waals surface area contributed by atoms with E-state index < -0.39 is 4.92 Å². The van der Waals surface area contributed by atoms with Gasteiger partial charge in [-0.3, -0.25) is 14.9 Å². The molecular weight excluding hydrogens is 344 g/mol. The summed E-state index contributed by atoms with van der Waals surface area (Å²) in [7, 11) is 1.73. The van der Waals surface area contributed by atoms with Crippen LogP contribution in [0.3, 0.4) is 0 Å². The van der Waals surface area contributed by atoms with Crippen LogP contribution in [0.1, 0.15) is 23.7 Å². The Morgan fingerprint density at radius 2 is 2.20 bits per heavy atom. The maximum atomic E-state index is 12.5. The number of nitrogens with zero attached hydrogens (tertiary/aromatic N) is 2. The summed E-state index contributed by atoms with van der Waals surface area (Å²) in [5, 5.41) is 10.8. The first kappa shape index (κ1) is 17.0. The second-order valence-corrected chi connectivity index (χ2v) is 6.12. The van der Waals surface area contributed by atoms with Gasteiger partial charge in [-0.25, -0.2) is 0 Å². The highest BCUT2D eigenvalue weighted by Gasteiger charge is 2.23. The second kappa shape index (κ2) is 7.64. The summed E-state index contributed by atoms with van der Waals surface area (Å²) in [4.78, 5) is 24.4. The van der Waals surface area contributed by atoms with Gasteiger partial charge in [-0.2, -0.15) is 11.8 Å². The third-order valence-corrected chi connectivity index (χ3v) is 4.50. The fraction of sp³-hybridized carbons (Fsp3) is 0.462. The number of benzene rings is 1. The van der Waals surface area contributed by atoms with Crippen molar-refractivity contribution in [3.63, 3.8) is 0 Å². The minimum atomic E-state index is -0.498. The van der Waals surface area contributed by atoms with E-state index in [1.165, 1.54) is 18.2 Å². The molecule has 5 nitrogen and oxygen atoms in total. The minimum Gasteiger partial charge on any atom is -0.338 e. The zero-order valence-electron chi connectivity index (χ0n) is 11.6. The van der Waals surface area contributed by atoms with Crippen molar-refractivity contribution in [3.05, 3.63) is 38.3 Å². The highest BCUT2D eigenvalue weighted by Crippen LogP contribution is 2.24. The van der Waals surface area contributed by atoms with Gasteiger partial charge in [0.2, 0.25) is 0 Å². The third kappa shape index (κ3) is 3.96. The Kier molecular flexibility index (Phi) is 6.48. The van der Waals surface area contributed by atoms with E-state index in [1.54, 1.807) is 23.7 Å². The number of hydrogen-bond donors (Lipinski definition) is 0. The van der Waals surface area contributed by atoms with E-state index in [-0.39, 0.29) is 17.6 Å². The molecular formula is C13H17BrN2O3S. The molecule has 1 atom stereocenters. The smallest absolute Gasteiger partial charge is 0.270 e. The predicted molar refractivity (Wildman–Crippen MR) is 85.4 cm³/mol. The number of non-ortho nitro benzene ring substituents is 1. The Labute approximate surface area is 131 Å². The van der Waals surface area contributed by atoms with Crippen LogP contribution < -0.4 is 0 Å². The van der Waals surface area contributed by atoms with Crippen LogP contribution in [0.25, 0.3) is 0 Å². The van der Waals surface area contributed by atoms with Crippen LogP contribution in [0.4, 0.5) is 5.69 Å². The number of amides is 1. The van der Waals surface area contributed by atoms with Gasteiger partial charge in [0.15, 0.2) is 0 Å². The number of carbonyl (C=O) groups excluding carboxylic acids is 1. The number of carbonyl (C=O) groups is 1. The molecule has 0 bridgehead atoms. The Bertz CT molecular complexity index is 510. The molecule has 1 unspecified atom stereocenters.